The van der Waals surface area contributed by atoms with Gasteiger partial charge in [-0.3, -0.25) is 14.2 Å². The summed E-state index contributed by atoms with van der Waals surface area (Å²) < 4.78 is 12.9. The Morgan fingerprint density at radius 1 is 1.23 bits per heavy atom. The molecule has 1 atom stereocenters. The minimum Gasteiger partial charge on any atom is -0.480 e. The van der Waals surface area contributed by atoms with E-state index in [1.807, 2.05) is 19.9 Å². The summed E-state index contributed by atoms with van der Waals surface area (Å²) >= 11 is 0. The number of ether oxygens (including phenoxy) is 1. The summed E-state index contributed by atoms with van der Waals surface area (Å²) in [6, 6.07) is 5.08. The first-order valence-corrected chi connectivity index (χ1v) is 10.3. The molecule has 0 spiro atoms. The fourth-order valence-corrected chi connectivity index (χ4v) is 4.02. The average molecular weight is 423 g/mol. The maximum atomic E-state index is 13.1. The molecule has 162 valence electrons. The van der Waals surface area contributed by atoms with Crippen LogP contribution in [0, 0.1) is 13.8 Å². The molecular weight excluding hydrogens is 398 g/mol. The van der Waals surface area contributed by atoms with Gasteiger partial charge in [0.25, 0.3) is 11.5 Å². The molecule has 8 heteroatoms. The molecule has 0 saturated carbocycles. The van der Waals surface area contributed by atoms with Crippen molar-refractivity contribution in [1.29, 1.82) is 0 Å². The Morgan fingerprint density at radius 2 is 1.97 bits per heavy atom. The summed E-state index contributed by atoms with van der Waals surface area (Å²) in [5.41, 5.74) is 2.74. The van der Waals surface area contributed by atoms with E-state index < -0.39 is 11.7 Å². The Hall–Kier alpha value is -3.42. The van der Waals surface area contributed by atoms with Crippen molar-refractivity contribution in [3.05, 3.63) is 67.2 Å². The Bertz CT molecular complexity index is 1320. The number of nitrogens with zero attached hydrogens (tertiary/aromatic N) is 3. The second-order valence-electron chi connectivity index (χ2n) is 7.98. The molecule has 0 radical (unpaired) electrons. The fraction of sp³-hybridized carbons (Fsp3) is 0.391. The van der Waals surface area contributed by atoms with E-state index in [1.54, 1.807) is 31.9 Å². The number of carbonyl (C=O) groups is 1. The molecule has 1 unspecified atom stereocenters. The van der Waals surface area contributed by atoms with Crippen LogP contribution in [0.1, 0.15) is 42.1 Å². The molecule has 0 aliphatic carbocycles. The van der Waals surface area contributed by atoms with Crippen LogP contribution in [0.3, 0.4) is 0 Å². The van der Waals surface area contributed by atoms with Gasteiger partial charge >= 0.3 is 5.63 Å². The number of aryl methyl sites for hydroxylation is 3. The van der Waals surface area contributed by atoms with Crippen LogP contribution in [0.4, 0.5) is 0 Å². The molecule has 0 saturated heterocycles. The molecule has 3 heterocycles. The van der Waals surface area contributed by atoms with Crippen LogP contribution in [0.5, 0.6) is 5.75 Å². The highest BCUT2D eigenvalue weighted by Crippen LogP contribution is 2.31. The van der Waals surface area contributed by atoms with Gasteiger partial charge in [0, 0.05) is 13.1 Å². The first kappa shape index (κ1) is 20.8. The molecule has 0 bridgehead atoms. The van der Waals surface area contributed by atoms with Gasteiger partial charge in [-0.25, -0.2) is 9.78 Å². The number of hydrogen-bond donors (Lipinski definition) is 0. The van der Waals surface area contributed by atoms with Crippen LogP contribution in [-0.2, 0) is 31.4 Å². The maximum absolute atomic E-state index is 13.1. The molecule has 4 rings (SSSR count). The summed E-state index contributed by atoms with van der Waals surface area (Å²) in [6.45, 7) is 7.76. The summed E-state index contributed by atoms with van der Waals surface area (Å²) in [5.74, 6) is 0.878. The Balaban J connectivity index is 1.63. The van der Waals surface area contributed by atoms with Gasteiger partial charge in [-0.1, -0.05) is 6.92 Å². The summed E-state index contributed by atoms with van der Waals surface area (Å²) in [4.78, 5) is 43.5. The van der Waals surface area contributed by atoms with Crippen molar-refractivity contribution in [2.45, 2.75) is 53.3 Å². The lowest BCUT2D eigenvalue weighted by molar-refractivity contribution is -0.138. The van der Waals surface area contributed by atoms with Crippen molar-refractivity contribution in [2.75, 3.05) is 0 Å². The largest absolute Gasteiger partial charge is 0.480 e. The summed E-state index contributed by atoms with van der Waals surface area (Å²) in [5, 5.41) is 0.697. The van der Waals surface area contributed by atoms with Crippen molar-refractivity contribution in [2.24, 2.45) is 7.05 Å². The molecule has 31 heavy (non-hydrogen) atoms. The summed E-state index contributed by atoms with van der Waals surface area (Å²) in [6.07, 6.45) is -0.166. The number of aromatic nitrogens is 2. The van der Waals surface area contributed by atoms with Crippen LogP contribution in [0.25, 0.3) is 11.0 Å². The number of hydrogen-bond acceptors (Lipinski definition) is 6. The molecule has 0 fully saturated rings. The standard InChI is InChI=1S/C23H25N3O5/c1-6-15-9-20(27)31-19-8-12(2)7-18(21(15)19)30-13(3)22(28)26-10-16-17(11-26)24-14(4)25(5)23(16)29/h7-9,13H,6,10-11H2,1-5H3. The summed E-state index contributed by atoms with van der Waals surface area (Å²) in [7, 11) is 1.67. The van der Waals surface area contributed by atoms with Gasteiger partial charge in [0.1, 0.15) is 17.2 Å². The lowest BCUT2D eigenvalue weighted by atomic mass is 10.0. The van der Waals surface area contributed by atoms with Crippen molar-refractivity contribution < 1.29 is 13.9 Å². The van der Waals surface area contributed by atoms with Gasteiger partial charge in [0.2, 0.25) is 0 Å². The molecule has 1 aliphatic heterocycles. The first-order valence-electron chi connectivity index (χ1n) is 10.3. The Labute approximate surface area is 179 Å². The van der Waals surface area contributed by atoms with Crippen LogP contribution in [0.2, 0.25) is 0 Å². The highest BCUT2D eigenvalue weighted by atomic mass is 16.5. The topological polar surface area (TPSA) is 94.6 Å². The SMILES string of the molecule is CCc1cc(=O)oc2cc(C)cc(OC(C)C(=O)N3Cc4nc(C)n(C)c(=O)c4C3)c12. The van der Waals surface area contributed by atoms with Crippen LogP contribution in [-0.4, -0.2) is 26.5 Å². The third kappa shape index (κ3) is 3.62. The van der Waals surface area contributed by atoms with E-state index in [0.29, 0.717) is 40.2 Å². The Kier molecular flexibility index (Phi) is 5.16. The normalized spacial score (nSPS) is 14.0. The molecule has 3 aromatic rings. The highest BCUT2D eigenvalue weighted by Gasteiger charge is 2.31. The monoisotopic (exact) mass is 423 g/mol. The molecular formula is C23H25N3O5. The van der Waals surface area contributed by atoms with Crippen molar-refractivity contribution in [3.8, 4) is 5.75 Å². The number of carbonyl (C=O) groups excluding carboxylic acids is 1. The number of rotatable bonds is 4. The average Bonchev–Trinajstić information content (AvgIpc) is 3.14. The fourth-order valence-electron chi connectivity index (χ4n) is 4.02. The molecule has 0 N–H and O–H groups in total. The van der Waals surface area contributed by atoms with E-state index in [0.717, 1.165) is 11.1 Å². The minimum absolute atomic E-state index is 0.126. The van der Waals surface area contributed by atoms with Crippen molar-refractivity contribution >= 4 is 16.9 Å². The van der Waals surface area contributed by atoms with Gasteiger partial charge in [-0.05, 0) is 50.5 Å². The lowest BCUT2D eigenvalue weighted by Crippen LogP contribution is -2.37. The van der Waals surface area contributed by atoms with E-state index in [-0.39, 0.29) is 24.6 Å². The molecule has 2 aromatic heterocycles. The number of benzene rings is 1. The van der Waals surface area contributed by atoms with Crippen molar-refractivity contribution in [3.63, 3.8) is 0 Å². The third-order valence-corrected chi connectivity index (χ3v) is 5.76. The molecule has 8 nitrogen and oxygen atoms in total. The molecule has 1 aromatic carbocycles. The molecule has 1 amide bonds. The van der Waals surface area contributed by atoms with E-state index in [2.05, 4.69) is 4.98 Å². The van der Waals surface area contributed by atoms with Gasteiger partial charge in [-0.15, -0.1) is 0 Å². The zero-order valence-electron chi connectivity index (χ0n) is 18.3. The minimum atomic E-state index is -0.791. The van der Waals surface area contributed by atoms with E-state index >= 15 is 0 Å². The predicted octanol–water partition coefficient (Wildman–Crippen LogP) is 2.38. The second-order valence-corrected chi connectivity index (χ2v) is 7.98. The number of amides is 1. The van der Waals surface area contributed by atoms with E-state index in [9.17, 15) is 14.4 Å². The van der Waals surface area contributed by atoms with Crippen LogP contribution < -0.4 is 15.9 Å². The van der Waals surface area contributed by atoms with Gasteiger partial charge in [0.15, 0.2) is 6.10 Å². The second kappa shape index (κ2) is 7.68. The first-order chi connectivity index (χ1) is 14.7. The quantitative estimate of drug-likeness (QED) is 0.598. The third-order valence-electron chi connectivity index (χ3n) is 5.76. The van der Waals surface area contributed by atoms with E-state index in [1.165, 1.54) is 10.6 Å². The number of fused-ring (bicyclic) bond motifs is 2. The Morgan fingerprint density at radius 3 is 2.68 bits per heavy atom. The van der Waals surface area contributed by atoms with Gasteiger partial charge in [0.05, 0.1) is 29.7 Å². The zero-order valence-corrected chi connectivity index (χ0v) is 18.3. The van der Waals surface area contributed by atoms with Crippen LogP contribution in [0.15, 0.2) is 32.2 Å². The van der Waals surface area contributed by atoms with Crippen LogP contribution >= 0.6 is 0 Å². The van der Waals surface area contributed by atoms with Gasteiger partial charge in [-0.2, -0.15) is 0 Å². The molecule has 1 aliphatic rings. The smallest absolute Gasteiger partial charge is 0.336 e. The maximum Gasteiger partial charge on any atom is 0.336 e. The van der Waals surface area contributed by atoms with Crippen molar-refractivity contribution in [1.82, 2.24) is 14.5 Å². The zero-order chi connectivity index (χ0) is 22.4. The highest BCUT2D eigenvalue weighted by molar-refractivity contribution is 5.88. The lowest BCUT2D eigenvalue weighted by Gasteiger charge is -2.22. The van der Waals surface area contributed by atoms with Gasteiger partial charge < -0.3 is 14.1 Å². The van der Waals surface area contributed by atoms with E-state index in [4.69, 9.17) is 9.15 Å². The predicted molar refractivity (Wildman–Crippen MR) is 115 cm³/mol.